The van der Waals surface area contributed by atoms with Crippen molar-refractivity contribution in [1.29, 1.82) is 0 Å². The molecule has 0 bridgehead atoms. The Morgan fingerprint density at radius 1 is 1.38 bits per heavy atom. The fourth-order valence-corrected chi connectivity index (χ4v) is 2.27. The van der Waals surface area contributed by atoms with Crippen molar-refractivity contribution in [3.05, 3.63) is 21.9 Å². The predicted octanol–water partition coefficient (Wildman–Crippen LogP) is 1.96. The summed E-state index contributed by atoms with van der Waals surface area (Å²) < 4.78 is 11.1. The maximum Gasteiger partial charge on any atom is 0.178 e. The molecule has 0 saturated heterocycles. The summed E-state index contributed by atoms with van der Waals surface area (Å²) in [4.78, 5) is 1.25. The molecule has 5 heteroatoms. The molecule has 0 aliphatic rings. The lowest BCUT2D eigenvalue weighted by molar-refractivity contribution is -0.155. The Labute approximate surface area is 101 Å². The topological polar surface area (TPSA) is 56.5 Å². The molecule has 0 aliphatic heterocycles. The molecule has 0 aliphatic carbocycles. The van der Waals surface area contributed by atoms with E-state index in [1.54, 1.807) is 11.3 Å². The van der Waals surface area contributed by atoms with Crippen LogP contribution < -0.4 is 11.3 Å². The summed E-state index contributed by atoms with van der Waals surface area (Å²) in [5.74, 6) is 5.57. The Hall–Kier alpha value is -0.460. The van der Waals surface area contributed by atoms with Crippen LogP contribution in [0.25, 0.3) is 0 Å². The molecule has 1 atom stereocenters. The van der Waals surface area contributed by atoms with Crippen molar-refractivity contribution in [1.82, 2.24) is 5.43 Å². The summed E-state index contributed by atoms with van der Waals surface area (Å²) in [6, 6.07) is 1.98. The van der Waals surface area contributed by atoms with Gasteiger partial charge in [-0.25, -0.2) is 5.43 Å². The fraction of sp³-hybridized carbons (Fsp3) is 0.636. The van der Waals surface area contributed by atoms with Gasteiger partial charge in [0.2, 0.25) is 0 Å². The van der Waals surface area contributed by atoms with E-state index < -0.39 is 0 Å². The van der Waals surface area contributed by atoms with Gasteiger partial charge in [0.1, 0.15) is 0 Å². The molecule has 0 fully saturated rings. The fourth-order valence-electron chi connectivity index (χ4n) is 1.53. The van der Waals surface area contributed by atoms with Gasteiger partial charge < -0.3 is 9.47 Å². The normalized spacial score (nSPS) is 13.3. The Morgan fingerprint density at radius 2 is 2.00 bits per heavy atom. The summed E-state index contributed by atoms with van der Waals surface area (Å²) in [5.41, 5.74) is 3.87. The Bertz CT molecular complexity index is 298. The first kappa shape index (κ1) is 13.6. The van der Waals surface area contributed by atoms with E-state index in [1.165, 1.54) is 4.88 Å². The van der Waals surface area contributed by atoms with E-state index in [9.17, 15) is 0 Å². The number of ether oxygens (including phenoxy) is 2. The van der Waals surface area contributed by atoms with E-state index in [0.717, 1.165) is 5.56 Å². The summed E-state index contributed by atoms with van der Waals surface area (Å²) in [7, 11) is 0. The summed E-state index contributed by atoms with van der Waals surface area (Å²) in [5, 5.41) is 2.07. The number of hydrogen-bond donors (Lipinski definition) is 2. The molecule has 0 spiro atoms. The van der Waals surface area contributed by atoms with Crippen LogP contribution in [0.1, 0.15) is 30.3 Å². The quantitative estimate of drug-likeness (QED) is 0.437. The minimum Gasteiger partial charge on any atom is -0.351 e. The van der Waals surface area contributed by atoms with Crippen LogP contribution >= 0.6 is 11.3 Å². The maximum absolute atomic E-state index is 5.57. The van der Waals surface area contributed by atoms with Crippen LogP contribution in [0.5, 0.6) is 0 Å². The second kappa shape index (κ2) is 6.98. The van der Waals surface area contributed by atoms with Crippen LogP contribution in [0, 0.1) is 6.92 Å². The molecule has 4 nitrogen and oxygen atoms in total. The van der Waals surface area contributed by atoms with E-state index in [2.05, 4.69) is 23.8 Å². The molecule has 92 valence electrons. The van der Waals surface area contributed by atoms with Crippen LogP contribution in [0.2, 0.25) is 0 Å². The lowest BCUT2D eigenvalue weighted by Gasteiger charge is -2.25. The van der Waals surface area contributed by atoms with Gasteiger partial charge in [-0.3, -0.25) is 5.84 Å². The minimum atomic E-state index is -0.339. The Balaban J connectivity index is 2.76. The van der Waals surface area contributed by atoms with Gasteiger partial charge >= 0.3 is 0 Å². The molecule has 0 radical (unpaired) electrons. The first-order chi connectivity index (χ1) is 7.72. The Morgan fingerprint density at radius 3 is 2.38 bits per heavy atom. The van der Waals surface area contributed by atoms with Crippen LogP contribution in [0.4, 0.5) is 0 Å². The average Bonchev–Trinajstić information content (AvgIpc) is 2.67. The molecule has 0 saturated carbocycles. The number of thiophene rings is 1. The molecule has 0 amide bonds. The van der Waals surface area contributed by atoms with E-state index >= 15 is 0 Å². The first-order valence-corrected chi connectivity index (χ1v) is 6.35. The van der Waals surface area contributed by atoms with Crippen molar-refractivity contribution in [2.24, 2.45) is 5.84 Å². The monoisotopic (exact) mass is 244 g/mol. The average molecular weight is 244 g/mol. The van der Waals surface area contributed by atoms with E-state index in [4.69, 9.17) is 15.3 Å². The third-order valence-corrected chi connectivity index (χ3v) is 3.10. The molecule has 3 N–H and O–H groups in total. The van der Waals surface area contributed by atoms with Crippen molar-refractivity contribution in [3.63, 3.8) is 0 Å². The molecule has 1 unspecified atom stereocenters. The molecule has 0 aromatic carbocycles. The number of hydrazine groups is 1. The summed E-state index contributed by atoms with van der Waals surface area (Å²) in [6.45, 7) is 7.16. The lowest BCUT2D eigenvalue weighted by atomic mass is 10.1. The van der Waals surface area contributed by atoms with Gasteiger partial charge in [0.05, 0.1) is 6.04 Å². The number of hydrogen-bond acceptors (Lipinski definition) is 5. The minimum absolute atomic E-state index is 0.121. The highest BCUT2D eigenvalue weighted by Crippen LogP contribution is 2.24. The maximum atomic E-state index is 5.57. The van der Waals surface area contributed by atoms with E-state index in [0.29, 0.717) is 13.2 Å². The van der Waals surface area contributed by atoms with Crippen LogP contribution in [-0.4, -0.2) is 19.5 Å². The van der Waals surface area contributed by atoms with Gasteiger partial charge in [-0.2, -0.15) is 0 Å². The standard InChI is InChI=1S/C11H20N2O2S/c1-4-14-11(15-5-2)10(13-12)9-6-8(3)16-7-9/h6-7,10-11,13H,4-5,12H2,1-3H3. The van der Waals surface area contributed by atoms with Crippen molar-refractivity contribution < 1.29 is 9.47 Å². The number of rotatable bonds is 7. The zero-order chi connectivity index (χ0) is 12.0. The molecule has 1 aromatic heterocycles. The number of aryl methyl sites for hydroxylation is 1. The van der Waals surface area contributed by atoms with Crippen molar-refractivity contribution >= 4 is 11.3 Å². The van der Waals surface area contributed by atoms with Crippen molar-refractivity contribution in [3.8, 4) is 0 Å². The van der Waals surface area contributed by atoms with Gasteiger partial charge in [-0.05, 0) is 37.8 Å². The van der Waals surface area contributed by atoms with Crippen LogP contribution in [0.15, 0.2) is 11.4 Å². The van der Waals surface area contributed by atoms with E-state index in [1.807, 2.05) is 13.8 Å². The lowest BCUT2D eigenvalue weighted by Crippen LogP contribution is -2.39. The van der Waals surface area contributed by atoms with Crippen molar-refractivity contribution in [2.45, 2.75) is 33.1 Å². The molecular formula is C11H20N2O2S. The van der Waals surface area contributed by atoms with Gasteiger partial charge in [0.15, 0.2) is 6.29 Å². The van der Waals surface area contributed by atoms with Gasteiger partial charge in [-0.15, -0.1) is 11.3 Å². The first-order valence-electron chi connectivity index (χ1n) is 5.47. The van der Waals surface area contributed by atoms with E-state index in [-0.39, 0.29) is 12.3 Å². The molecule has 1 aromatic rings. The summed E-state index contributed by atoms with van der Waals surface area (Å²) >= 11 is 1.70. The predicted molar refractivity (Wildman–Crippen MR) is 66.2 cm³/mol. The van der Waals surface area contributed by atoms with Crippen LogP contribution in [0.3, 0.4) is 0 Å². The molecule has 1 rings (SSSR count). The zero-order valence-electron chi connectivity index (χ0n) is 10.0. The van der Waals surface area contributed by atoms with Crippen molar-refractivity contribution in [2.75, 3.05) is 13.2 Å². The third-order valence-electron chi connectivity index (χ3n) is 2.22. The largest absolute Gasteiger partial charge is 0.351 e. The highest BCUT2D eigenvalue weighted by atomic mass is 32.1. The summed E-state index contributed by atoms with van der Waals surface area (Å²) in [6.07, 6.45) is -0.339. The second-order valence-electron chi connectivity index (χ2n) is 3.41. The SMILES string of the molecule is CCOC(OCC)C(NN)c1csc(C)c1. The number of nitrogens with one attached hydrogen (secondary N) is 1. The third kappa shape index (κ3) is 3.54. The number of nitrogens with two attached hydrogens (primary N) is 1. The smallest absolute Gasteiger partial charge is 0.178 e. The zero-order valence-corrected chi connectivity index (χ0v) is 10.8. The highest BCUT2D eigenvalue weighted by Gasteiger charge is 2.23. The van der Waals surface area contributed by atoms with Gasteiger partial charge in [0.25, 0.3) is 0 Å². The van der Waals surface area contributed by atoms with Crippen LogP contribution in [-0.2, 0) is 9.47 Å². The second-order valence-corrected chi connectivity index (χ2v) is 4.53. The highest BCUT2D eigenvalue weighted by molar-refractivity contribution is 7.10. The molecular weight excluding hydrogens is 224 g/mol. The van der Waals surface area contributed by atoms with Gasteiger partial charge in [0, 0.05) is 18.1 Å². The molecule has 1 heterocycles. The molecule has 16 heavy (non-hydrogen) atoms. The van der Waals surface area contributed by atoms with Gasteiger partial charge in [-0.1, -0.05) is 0 Å². The Kier molecular flexibility index (Phi) is 5.94.